The maximum absolute atomic E-state index is 9.96. The standard InChI is InChI=1S/C24H30N6O/c25-10-19-12-28-22(27-11-18-3-1-2-4-20(18)31)30-21(19)29-15-24-8-16-5-17(9-24)7-23(6-16,13-24)14-26/h1-4,12,16-17,31H,5-9,11,13-15,26H2,(H2,27,28,29,30)/t16-,17?,23?,24?/m0/s1. The number of aromatic hydroxyl groups is 1. The molecule has 4 fully saturated rings. The smallest absolute Gasteiger partial charge is 0.224 e. The van der Waals surface area contributed by atoms with E-state index in [1.165, 1.54) is 38.5 Å². The fourth-order valence-corrected chi connectivity index (χ4v) is 6.88. The molecule has 6 rings (SSSR count). The highest BCUT2D eigenvalue weighted by molar-refractivity contribution is 5.53. The van der Waals surface area contributed by atoms with Crippen molar-refractivity contribution >= 4 is 11.8 Å². The number of phenolic OH excluding ortho intramolecular Hbond substituents is 1. The second kappa shape index (κ2) is 7.69. The van der Waals surface area contributed by atoms with E-state index < -0.39 is 0 Å². The van der Waals surface area contributed by atoms with Crippen molar-refractivity contribution in [3.8, 4) is 11.8 Å². The highest BCUT2D eigenvalue weighted by Gasteiger charge is 2.56. The first-order valence-corrected chi connectivity index (χ1v) is 11.2. The number of nitrogens with one attached hydrogen (secondary N) is 2. The molecule has 4 aliphatic rings. The van der Waals surface area contributed by atoms with Crippen LogP contribution in [0.2, 0.25) is 0 Å². The van der Waals surface area contributed by atoms with Crippen LogP contribution in [0.5, 0.6) is 5.75 Å². The first-order chi connectivity index (χ1) is 15.0. The molecular formula is C24H30N6O. The number of para-hydroxylation sites is 1. The zero-order valence-electron chi connectivity index (χ0n) is 17.8. The third-order valence-corrected chi connectivity index (χ3v) is 7.71. The molecule has 3 unspecified atom stereocenters. The highest BCUT2D eigenvalue weighted by atomic mass is 16.3. The van der Waals surface area contributed by atoms with Crippen LogP contribution in [-0.2, 0) is 6.54 Å². The van der Waals surface area contributed by atoms with Gasteiger partial charge in [-0.25, -0.2) is 4.98 Å². The van der Waals surface area contributed by atoms with Crippen LogP contribution in [0.25, 0.3) is 0 Å². The van der Waals surface area contributed by atoms with Gasteiger partial charge in [-0.3, -0.25) is 0 Å². The Morgan fingerprint density at radius 2 is 1.87 bits per heavy atom. The van der Waals surface area contributed by atoms with E-state index in [2.05, 4.69) is 26.7 Å². The Kier molecular flexibility index (Phi) is 4.98. The Bertz CT molecular complexity index is 1000. The van der Waals surface area contributed by atoms with Crippen molar-refractivity contribution in [1.82, 2.24) is 9.97 Å². The van der Waals surface area contributed by atoms with E-state index >= 15 is 0 Å². The summed E-state index contributed by atoms with van der Waals surface area (Å²) in [5, 5.41) is 26.2. The lowest BCUT2D eigenvalue weighted by atomic mass is 9.44. The Morgan fingerprint density at radius 3 is 2.58 bits per heavy atom. The molecule has 31 heavy (non-hydrogen) atoms. The van der Waals surface area contributed by atoms with Crippen LogP contribution in [0.3, 0.4) is 0 Å². The van der Waals surface area contributed by atoms with Crippen LogP contribution in [0.15, 0.2) is 30.5 Å². The van der Waals surface area contributed by atoms with Crippen LogP contribution >= 0.6 is 0 Å². The summed E-state index contributed by atoms with van der Waals surface area (Å²) in [5.41, 5.74) is 8.03. The maximum atomic E-state index is 9.96. The average Bonchev–Trinajstić information content (AvgIpc) is 2.76. The molecule has 0 radical (unpaired) electrons. The molecule has 4 saturated carbocycles. The summed E-state index contributed by atoms with van der Waals surface area (Å²) in [7, 11) is 0. The van der Waals surface area contributed by atoms with Crippen LogP contribution < -0.4 is 16.4 Å². The summed E-state index contributed by atoms with van der Waals surface area (Å²) < 4.78 is 0. The molecule has 0 amide bonds. The van der Waals surface area contributed by atoms with E-state index in [0.29, 0.717) is 29.3 Å². The predicted octanol–water partition coefficient (Wildman–Crippen LogP) is 3.62. The molecule has 7 nitrogen and oxygen atoms in total. The number of hydrogen-bond donors (Lipinski definition) is 4. The van der Waals surface area contributed by atoms with Gasteiger partial charge in [0.1, 0.15) is 23.2 Å². The summed E-state index contributed by atoms with van der Waals surface area (Å²) >= 11 is 0. The largest absolute Gasteiger partial charge is 0.508 e. The van der Waals surface area contributed by atoms with Gasteiger partial charge in [-0.05, 0) is 73.8 Å². The number of phenols is 1. The number of nitrogens with zero attached hydrogens (tertiary/aromatic N) is 3. The fourth-order valence-electron chi connectivity index (χ4n) is 6.88. The minimum Gasteiger partial charge on any atom is -0.508 e. The van der Waals surface area contributed by atoms with Gasteiger partial charge in [-0.15, -0.1) is 0 Å². The van der Waals surface area contributed by atoms with Crippen LogP contribution in [0.1, 0.15) is 49.7 Å². The van der Waals surface area contributed by atoms with Gasteiger partial charge in [0, 0.05) is 18.7 Å². The predicted molar refractivity (Wildman–Crippen MR) is 119 cm³/mol. The van der Waals surface area contributed by atoms with Gasteiger partial charge in [0.15, 0.2) is 0 Å². The minimum atomic E-state index is 0.234. The second-order valence-electron chi connectivity index (χ2n) is 10.1. The molecule has 0 saturated heterocycles. The van der Waals surface area contributed by atoms with Crippen molar-refractivity contribution < 1.29 is 5.11 Å². The van der Waals surface area contributed by atoms with Crippen molar-refractivity contribution in [2.24, 2.45) is 28.4 Å². The van der Waals surface area contributed by atoms with Gasteiger partial charge in [-0.1, -0.05) is 18.2 Å². The maximum Gasteiger partial charge on any atom is 0.224 e. The van der Waals surface area contributed by atoms with E-state index in [9.17, 15) is 10.4 Å². The number of nitriles is 1. The second-order valence-corrected chi connectivity index (χ2v) is 10.1. The Labute approximate surface area is 183 Å². The molecule has 1 heterocycles. The molecule has 0 aliphatic heterocycles. The SMILES string of the molecule is N#Cc1cnc(NCc2ccccc2O)nc1NCC12CC3C[C@@H](CC(CN)(C3)C1)C2. The summed E-state index contributed by atoms with van der Waals surface area (Å²) in [6.45, 7) is 2.02. The Morgan fingerprint density at radius 1 is 1.13 bits per heavy atom. The molecule has 162 valence electrons. The van der Waals surface area contributed by atoms with Gasteiger partial charge >= 0.3 is 0 Å². The lowest BCUT2D eigenvalue weighted by Crippen LogP contribution is -2.56. The lowest BCUT2D eigenvalue weighted by molar-refractivity contribution is -0.0989. The summed E-state index contributed by atoms with van der Waals surface area (Å²) in [6, 6.07) is 9.38. The molecule has 1 aromatic heterocycles. The van der Waals surface area contributed by atoms with Crippen molar-refractivity contribution in [2.75, 3.05) is 23.7 Å². The van der Waals surface area contributed by atoms with Crippen LogP contribution in [0, 0.1) is 34.0 Å². The normalized spacial score (nSPS) is 30.7. The topological polar surface area (TPSA) is 120 Å². The van der Waals surface area contributed by atoms with Crippen molar-refractivity contribution in [3.63, 3.8) is 0 Å². The lowest BCUT2D eigenvalue weighted by Gasteiger charge is -2.62. The van der Waals surface area contributed by atoms with E-state index in [1.807, 2.05) is 12.1 Å². The van der Waals surface area contributed by atoms with Crippen molar-refractivity contribution in [3.05, 3.63) is 41.6 Å². The fraction of sp³-hybridized carbons (Fsp3) is 0.542. The van der Waals surface area contributed by atoms with Crippen LogP contribution in [-0.4, -0.2) is 28.2 Å². The molecule has 4 atom stereocenters. The van der Waals surface area contributed by atoms with E-state index in [1.54, 1.807) is 18.3 Å². The molecule has 7 heteroatoms. The van der Waals surface area contributed by atoms with Gasteiger partial charge in [0.05, 0.1) is 6.20 Å². The minimum absolute atomic E-state index is 0.234. The molecule has 1 aromatic carbocycles. The molecular weight excluding hydrogens is 388 g/mol. The van der Waals surface area contributed by atoms with Gasteiger partial charge in [0.25, 0.3) is 0 Å². The zero-order valence-corrected chi connectivity index (χ0v) is 17.8. The molecule has 0 spiro atoms. The number of benzene rings is 1. The number of hydrogen-bond acceptors (Lipinski definition) is 7. The van der Waals surface area contributed by atoms with Crippen molar-refractivity contribution in [1.29, 1.82) is 5.26 Å². The monoisotopic (exact) mass is 418 g/mol. The third kappa shape index (κ3) is 3.81. The highest BCUT2D eigenvalue weighted by Crippen LogP contribution is 2.64. The van der Waals surface area contributed by atoms with E-state index in [4.69, 9.17) is 5.73 Å². The Hall–Kier alpha value is -2.85. The van der Waals surface area contributed by atoms with Gasteiger partial charge < -0.3 is 21.5 Å². The molecule has 4 aliphatic carbocycles. The first kappa shape index (κ1) is 20.1. The van der Waals surface area contributed by atoms with Gasteiger partial charge in [-0.2, -0.15) is 10.2 Å². The third-order valence-electron chi connectivity index (χ3n) is 7.71. The zero-order chi connectivity index (χ0) is 21.5. The van der Waals surface area contributed by atoms with Crippen LogP contribution in [0.4, 0.5) is 11.8 Å². The number of nitrogens with two attached hydrogens (primary N) is 1. The number of aromatic nitrogens is 2. The first-order valence-electron chi connectivity index (χ1n) is 11.2. The van der Waals surface area contributed by atoms with E-state index in [-0.39, 0.29) is 11.2 Å². The quantitative estimate of drug-likeness (QED) is 0.542. The Balaban J connectivity index is 1.30. The summed E-state index contributed by atoms with van der Waals surface area (Å²) in [5.74, 6) is 2.84. The molecule has 2 aromatic rings. The van der Waals surface area contributed by atoms with E-state index in [0.717, 1.165) is 30.5 Å². The average molecular weight is 419 g/mol. The molecule has 4 bridgehead atoms. The number of anilines is 2. The summed E-state index contributed by atoms with van der Waals surface area (Å²) in [4.78, 5) is 8.85. The summed E-state index contributed by atoms with van der Waals surface area (Å²) in [6.07, 6.45) is 9.19. The van der Waals surface area contributed by atoms with Gasteiger partial charge in [0.2, 0.25) is 5.95 Å². The number of rotatable bonds is 7. The molecule has 5 N–H and O–H groups in total. The van der Waals surface area contributed by atoms with Crippen molar-refractivity contribution in [2.45, 2.75) is 45.1 Å².